The Labute approximate surface area is 232 Å². The molecule has 1 N–H and O–H groups in total. The quantitative estimate of drug-likeness (QED) is 0.227. The summed E-state index contributed by atoms with van der Waals surface area (Å²) in [6.07, 6.45) is 1.23. The Bertz CT molecular complexity index is 1520. The minimum absolute atomic E-state index is 0.202. The first-order valence-corrected chi connectivity index (χ1v) is 14.5. The van der Waals surface area contributed by atoms with Crippen LogP contribution in [-0.2, 0) is 26.5 Å². The standard InChI is InChI=1S/C31H29ClFO5P/c1-20-14-28(37-39(35)36-13-12-31(38-39)24-4-3-5-26(32)19-24)15-21(2)29(20)18-23-8-11-30(34)25(17-23)16-22-6-9-27(33)10-7-22/h3-11,14-15,17,19,31,34H,12-13,16,18H2,1-2H3/t31-,39?/m0/s1. The summed E-state index contributed by atoms with van der Waals surface area (Å²) in [4.78, 5) is 0. The number of aryl methyl sites for hydroxylation is 2. The maximum Gasteiger partial charge on any atom is 0.530 e. The Morgan fingerprint density at radius 1 is 0.974 bits per heavy atom. The molecule has 4 aromatic carbocycles. The first kappa shape index (κ1) is 27.4. The van der Waals surface area contributed by atoms with Crippen LogP contribution in [0.4, 0.5) is 4.39 Å². The van der Waals surface area contributed by atoms with Crippen molar-refractivity contribution in [1.82, 2.24) is 0 Å². The van der Waals surface area contributed by atoms with E-state index >= 15 is 0 Å². The second-order valence-electron chi connectivity index (χ2n) is 9.79. The largest absolute Gasteiger partial charge is 0.530 e. The van der Waals surface area contributed by atoms with Crippen molar-refractivity contribution in [1.29, 1.82) is 0 Å². The van der Waals surface area contributed by atoms with Crippen LogP contribution < -0.4 is 4.52 Å². The van der Waals surface area contributed by atoms with Gasteiger partial charge in [0.25, 0.3) is 0 Å². The molecule has 0 amide bonds. The van der Waals surface area contributed by atoms with Crippen LogP contribution in [0.1, 0.15) is 51.5 Å². The SMILES string of the molecule is Cc1cc(OP2(=O)OCC[C@@H](c3cccc(Cl)c3)O2)cc(C)c1Cc1ccc(O)c(Cc2ccc(F)cc2)c1. The third kappa shape index (κ3) is 6.71. The van der Waals surface area contributed by atoms with Crippen molar-refractivity contribution in [2.24, 2.45) is 0 Å². The summed E-state index contributed by atoms with van der Waals surface area (Å²) in [6, 6.07) is 22.8. The Hall–Kier alpha value is -3.15. The van der Waals surface area contributed by atoms with Crippen molar-refractivity contribution < 1.29 is 27.6 Å². The Kier molecular flexibility index (Phi) is 8.11. The molecule has 1 fully saturated rings. The molecule has 39 heavy (non-hydrogen) atoms. The van der Waals surface area contributed by atoms with E-state index in [9.17, 15) is 14.1 Å². The summed E-state index contributed by atoms with van der Waals surface area (Å²) in [5.41, 5.74) is 6.57. The van der Waals surface area contributed by atoms with Gasteiger partial charge in [0.15, 0.2) is 0 Å². The number of phosphoric acid groups is 1. The van der Waals surface area contributed by atoms with Crippen molar-refractivity contribution >= 4 is 19.4 Å². The molecule has 0 aromatic heterocycles. The number of halogens is 2. The van der Waals surface area contributed by atoms with E-state index in [4.69, 9.17) is 25.2 Å². The third-order valence-corrected chi connectivity index (χ3v) is 8.51. The third-order valence-electron chi connectivity index (χ3n) is 6.83. The molecule has 5 nitrogen and oxygen atoms in total. The van der Waals surface area contributed by atoms with Gasteiger partial charge >= 0.3 is 7.82 Å². The molecule has 1 unspecified atom stereocenters. The summed E-state index contributed by atoms with van der Waals surface area (Å²) in [6.45, 7) is 4.19. The topological polar surface area (TPSA) is 65.0 Å². The van der Waals surface area contributed by atoms with E-state index in [0.29, 0.717) is 30.0 Å². The van der Waals surface area contributed by atoms with Gasteiger partial charge in [-0.1, -0.05) is 48.0 Å². The van der Waals surface area contributed by atoms with Gasteiger partial charge in [-0.2, -0.15) is 0 Å². The highest BCUT2D eigenvalue weighted by Gasteiger charge is 2.37. The lowest BCUT2D eigenvalue weighted by Crippen LogP contribution is -2.16. The second-order valence-corrected chi connectivity index (χ2v) is 11.8. The number of aromatic hydroxyl groups is 1. The molecule has 8 heteroatoms. The predicted octanol–water partition coefficient (Wildman–Crippen LogP) is 8.65. The Balaban J connectivity index is 1.31. The lowest BCUT2D eigenvalue weighted by molar-refractivity contribution is 0.0509. The van der Waals surface area contributed by atoms with E-state index < -0.39 is 13.9 Å². The van der Waals surface area contributed by atoms with Crippen LogP contribution in [0.3, 0.4) is 0 Å². The summed E-state index contributed by atoms with van der Waals surface area (Å²) in [5.74, 6) is 0.322. The molecule has 0 radical (unpaired) electrons. The molecule has 1 saturated heterocycles. The molecule has 5 rings (SSSR count). The number of phenolic OH excluding ortho intramolecular Hbond substituents is 1. The van der Waals surface area contributed by atoms with Crippen molar-refractivity contribution in [2.45, 2.75) is 39.2 Å². The fourth-order valence-electron chi connectivity index (χ4n) is 4.82. The van der Waals surface area contributed by atoms with Gasteiger partial charge in [-0.25, -0.2) is 8.96 Å². The molecular weight excluding hydrogens is 538 g/mol. The zero-order chi connectivity index (χ0) is 27.6. The second kappa shape index (κ2) is 11.5. The van der Waals surface area contributed by atoms with Crippen LogP contribution in [0.2, 0.25) is 5.02 Å². The average Bonchev–Trinajstić information content (AvgIpc) is 2.89. The van der Waals surface area contributed by atoms with Crippen molar-refractivity contribution in [2.75, 3.05) is 6.61 Å². The maximum absolute atomic E-state index is 13.4. The minimum atomic E-state index is -3.84. The van der Waals surface area contributed by atoms with Crippen LogP contribution in [0.15, 0.2) is 78.9 Å². The number of rotatable bonds is 7. The molecule has 0 bridgehead atoms. The van der Waals surface area contributed by atoms with Gasteiger partial charge in [0, 0.05) is 17.9 Å². The monoisotopic (exact) mass is 566 g/mol. The lowest BCUT2D eigenvalue weighted by atomic mass is 9.93. The van der Waals surface area contributed by atoms with E-state index in [2.05, 4.69) is 0 Å². The van der Waals surface area contributed by atoms with E-state index in [1.807, 2.05) is 50.2 Å². The molecule has 0 aliphatic carbocycles. The minimum Gasteiger partial charge on any atom is -0.508 e. The summed E-state index contributed by atoms with van der Waals surface area (Å²) in [7, 11) is -3.84. The number of phosphoric ester groups is 1. The van der Waals surface area contributed by atoms with Crippen molar-refractivity contribution in [3.8, 4) is 11.5 Å². The smallest absolute Gasteiger partial charge is 0.508 e. The van der Waals surface area contributed by atoms with Gasteiger partial charge in [-0.3, -0.25) is 9.05 Å². The van der Waals surface area contributed by atoms with Crippen LogP contribution in [-0.4, -0.2) is 11.7 Å². The highest BCUT2D eigenvalue weighted by atomic mass is 35.5. The number of benzene rings is 4. The maximum atomic E-state index is 13.4. The van der Waals surface area contributed by atoms with Crippen LogP contribution in [0.5, 0.6) is 11.5 Å². The van der Waals surface area contributed by atoms with Crippen molar-refractivity contribution in [3.63, 3.8) is 0 Å². The van der Waals surface area contributed by atoms with E-state index in [-0.39, 0.29) is 18.2 Å². The zero-order valence-corrected chi connectivity index (χ0v) is 23.3. The van der Waals surface area contributed by atoms with Crippen LogP contribution in [0, 0.1) is 19.7 Å². The van der Waals surface area contributed by atoms with Crippen molar-refractivity contribution in [3.05, 3.63) is 129 Å². The Morgan fingerprint density at radius 3 is 2.41 bits per heavy atom. The van der Waals surface area contributed by atoms with Gasteiger partial charge in [-0.15, -0.1) is 0 Å². The predicted molar refractivity (Wildman–Crippen MR) is 150 cm³/mol. The molecular formula is C31H29ClFO5P. The average molecular weight is 567 g/mol. The molecule has 0 spiro atoms. The van der Waals surface area contributed by atoms with Gasteiger partial charge in [0.2, 0.25) is 0 Å². The normalized spacial score (nSPS) is 19.1. The van der Waals surface area contributed by atoms with Gasteiger partial charge in [0.1, 0.15) is 17.3 Å². The molecule has 2 atom stereocenters. The molecule has 1 aliphatic rings. The van der Waals surface area contributed by atoms with E-state index in [0.717, 1.165) is 38.9 Å². The molecule has 202 valence electrons. The molecule has 0 saturated carbocycles. The Morgan fingerprint density at radius 2 is 1.69 bits per heavy atom. The van der Waals surface area contributed by atoms with E-state index in [1.54, 1.807) is 30.3 Å². The molecule has 1 heterocycles. The fourth-order valence-corrected chi connectivity index (χ4v) is 6.41. The first-order chi connectivity index (χ1) is 18.7. The lowest BCUT2D eigenvalue weighted by Gasteiger charge is -2.29. The number of hydrogen-bond acceptors (Lipinski definition) is 5. The molecule has 1 aliphatic heterocycles. The highest BCUT2D eigenvalue weighted by molar-refractivity contribution is 7.49. The van der Waals surface area contributed by atoms with Gasteiger partial charge < -0.3 is 9.63 Å². The highest BCUT2D eigenvalue weighted by Crippen LogP contribution is 2.57. The number of phenols is 1. The molecule has 4 aromatic rings. The summed E-state index contributed by atoms with van der Waals surface area (Å²) >= 11 is 6.12. The fraction of sp³-hybridized carbons (Fsp3) is 0.226. The number of hydrogen-bond donors (Lipinski definition) is 1. The first-order valence-electron chi connectivity index (χ1n) is 12.7. The zero-order valence-electron chi connectivity index (χ0n) is 21.7. The van der Waals surface area contributed by atoms with E-state index in [1.165, 1.54) is 12.1 Å². The summed E-state index contributed by atoms with van der Waals surface area (Å²) in [5, 5.41) is 11.0. The van der Waals surface area contributed by atoms with Gasteiger partial charge in [0.05, 0.1) is 12.7 Å². The summed E-state index contributed by atoms with van der Waals surface area (Å²) < 4.78 is 43.7. The van der Waals surface area contributed by atoms with Crippen LogP contribution in [0.25, 0.3) is 0 Å². The van der Waals surface area contributed by atoms with Crippen LogP contribution >= 0.6 is 19.4 Å². The van der Waals surface area contributed by atoms with Gasteiger partial charge in [-0.05, 0) is 102 Å².